The number of aromatic nitrogens is 1. The molecule has 15 heavy (non-hydrogen) atoms. The Balaban J connectivity index is 2.23. The summed E-state index contributed by atoms with van der Waals surface area (Å²) < 4.78 is 5.56. The van der Waals surface area contributed by atoms with Gasteiger partial charge in [0.25, 0.3) is 0 Å². The van der Waals surface area contributed by atoms with E-state index < -0.39 is 0 Å². The number of fused-ring (bicyclic) bond motifs is 1. The molecule has 0 saturated heterocycles. The van der Waals surface area contributed by atoms with Gasteiger partial charge in [-0.1, -0.05) is 11.6 Å². The summed E-state index contributed by atoms with van der Waals surface area (Å²) in [7, 11) is 0. The van der Waals surface area contributed by atoms with Crippen molar-refractivity contribution in [2.24, 2.45) is 0 Å². The normalized spacial score (nSPS) is 15.8. The highest BCUT2D eigenvalue weighted by Gasteiger charge is 2.29. The van der Waals surface area contributed by atoms with Gasteiger partial charge in [-0.15, -0.1) is 0 Å². The summed E-state index contributed by atoms with van der Waals surface area (Å²) >= 11 is 5.99. The molecule has 4 heteroatoms. The van der Waals surface area contributed by atoms with Gasteiger partial charge in [-0.05, 0) is 25.0 Å². The van der Waals surface area contributed by atoms with E-state index in [0.29, 0.717) is 27.6 Å². The second kappa shape index (κ2) is 3.07. The second-order valence-electron chi connectivity index (χ2n) is 3.80. The fraction of sp³-hybridized carbons (Fsp3) is 0.273. The number of halogens is 1. The van der Waals surface area contributed by atoms with Crippen LogP contribution in [-0.4, -0.2) is 11.3 Å². The lowest BCUT2D eigenvalue weighted by molar-refractivity contribution is 0.112. The maximum absolute atomic E-state index is 10.6. The number of carbonyl (C=O) groups is 1. The number of aldehydes is 1. The Hall–Kier alpha value is -1.35. The molecule has 1 aliphatic rings. The lowest BCUT2D eigenvalue weighted by Gasteiger charge is -1.92. The molecule has 1 aromatic carbocycles. The number of oxazole rings is 1. The molecule has 0 spiro atoms. The quantitative estimate of drug-likeness (QED) is 0.732. The Morgan fingerprint density at radius 2 is 2.27 bits per heavy atom. The molecule has 2 aromatic rings. The number of rotatable bonds is 2. The number of benzene rings is 1. The summed E-state index contributed by atoms with van der Waals surface area (Å²) in [5.41, 5.74) is 1.79. The van der Waals surface area contributed by atoms with Crippen LogP contribution in [0, 0.1) is 0 Å². The summed E-state index contributed by atoms with van der Waals surface area (Å²) in [6, 6.07) is 3.29. The zero-order valence-electron chi connectivity index (χ0n) is 7.87. The third kappa shape index (κ3) is 1.43. The van der Waals surface area contributed by atoms with E-state index in [2.05, 4.69) is 4.98 Å². The van der Waals surface area contributed by atoms with Crippen molar-refractivity contribution >= 4 is 29.0 Å². The molecule has 0 N–H and O–H groups in total. The van der Waals surface area contributed by atoms with Crippen LogP contribution in [0.25, 0.3) is 11.1 Å². The summed E-state index contributed by atoms with van der Waals surface area (Å²) in [5.74, 6) is 1.20. The molecule has 1 heterocycles. The van der Waals surface area contributed by atoms with Gasteiger partial charge in [0, 0.05) is 11.5 Å². The maximum Gasteiger partial charge on any atom is 0.198 e. The largest absolute Gasteiger partial charge is 0.439 e. The van der Waals surface area contributed by atoms with Gasteiger partial charge in [-0.3, -0.25) is 4.79 Å². The SMILES string of the molecule is O=Cc1cc(Cl)c2oc(C3CC3)nc2c1. The Labute approximate surface area is 91.0 Å². The van der Waals surface area contributed by atoms with E-state index >= 15 is 0 Å². The molecule has 0 amide bonds. The van der Waals surface area contributed by atoms with E-state index in [9.17, 15) is 4.79 Å². The van der Waals surface area contributed by atoms with Crippen molar-refractivity contribution in [3.63, 3.8) is 0 Å². The molecular weight excluding hydrogens is 214 g/mol. The number of carbonyl (C=O) groups excluding carboxylic acids is 1. The molecule has 0 aliphatic heterocycles. The molecular formula is C11H8ClNO2. The van der Waals surface area contributed by atoms with Crippen molar-refractivity contribution in [2.75, 3.05) is 0 Å². The van der Waals surface area contributed by atoms with Crippen LogP contribution in [0.4, 0.5) is 0 Å². The monoisotopic (exact) mass is 221 g/mol. The first-order valence-corrected chi connectivity index (χ1v) is 5.21. The van der Waals surface area contributed by atoms with Gasteiger partial charge in [-0.2, -0.15) is 0 Å². The Bertz CT molecular complexity index is 543. The third-order valence-electron chi connectivity index (χ3n) is 2.55. The molecule has 76 valence electrons. The fourth-order valence-corrected chi connectivity index (χ4v) is 1.86. The zero-order chi connectivity index (χ0) is 10.4. The Morgan fingerprint density at radius 3 is 2.93 bits per heavy atom. The van der Waals surface area contributed by atoms with Crippen molar-refractivity contribution in [1.82, 2.24) is 4.98 Å². The van der Waals surface area contributed by atoms with Crippen LogP contribution in [0.5, 0.6) is 0 Å². The average molecular weight is 222 g/mol. The van der Waals surface area contributed by atoms with Gasteiger partial charge < -0.3 is 4.42 Å². The first kappa shape index (κ1) is 8.92. The van der Waals surface area contributed by atoms with Crippen LogP contribution in [0.15, 0.2) is 16.5 Å². The number of nitrogens with zero attached hydrogens (tertiary/aromatic N) is 1. The minimum atomic E-state index is 0.452. The van der Waals surface area contributed by atoms with E-state index in [1.165, 1.54) is 0 Å². The van der Waals surface area contributed by atoms with Crippen LogP contribution in [0.2, 0.25) is 5.02 Å². The topological polar surface area (TPSA) is 43.1 Å². The highest BCUT2D eigenvalue weighted by atomic mass is 35.5. The second-order valence-corrected chi connectivity index (χ2v) is 4.20. The van der Waals surface area contributed by atoms with E-state index in [1.807, 2.05) is 0 Å². The minimum Gasteiger partial charge on any atom is -0.439 e. The molecule has 1 fully saturated rings. The summed E-state index contributed by atoms with van der Waals surface area (Å²) in [6.07, 6.45) is 3.02. The zero-order valence-corrected chi connectivity index (χ0v) is 8.62. The van der Waals surface area contributed by atoms with Crippen LogP contribution >= 0.6 is 11.6 Å². The van der Waals surface area contributed by atoms with Crippen LogP contribution in [0.3, 0.4) is 0 Å². The summed E-state index contributed by atoms with van der Waals surface area (Å²) in [6.45, 7) is 0. The maximum atomic E-state index is 10.6. The fourth-order valence-electron chi connectivity index (χ4n) is 1.60. The molecule has 0 atom stereocenters. The standard InChI is InChI=1S/C11H8ClNO2/c12-8-3-6(5-14)4-9-10(8)15-11(13-9)7-1-2-7/h3-5,7H,1-2H2. The highest BCUT2D eigenvalue weighted by Crippen LogP contribution is 2.41. The van der Waals surface area contributed by atoms with Gasteiger partial charge >= 0.3 is 0 Å². The highest BCUT2D eigenvalue weighted by molar-refractivity contribution is 6.35. The predicted molar refractivity (Wildman–Crippen MR) is 56.4 cm³/mol. The van der Waals surface area contributed by atoms with Gasteiger partial charge in [0.05, 0.1) is 5.02 Å². The van der Waals surface area contributed by atoms with Crippen molar-refractivity contribution in [3.05, 3.63) is 28.6 Å². The van der Waals surface area contributed by atoms with Gasteiger partial charge in [0.1, 0.15) is 11.8 Å². The molecule has 3 rings (SSSR count). The summed E-state index contributed by atoms with van der Waals surface area (Å²) in [4.78, 5) is 15.0. The lowest BCUT2D eigenvalue weighted by atomic mass is 10.2. The number of hydrogen-bond acceptors (Lipinski definition) is 3. The smallest absolute Gasteiger partial charge is 0.198 e. The predicted octanol–water partition coefficient (Wildman–Crippen LogP) is 3.17. The van der Waals surface area contributed by atoms with Crippen LogP contribution < -0.4 is 0 Å². The van der Waals surface area contributed by atoms with Gasteiger partial charge in [0.15, 0.2) is 11.5 Å². The molecule has 3 nitrogen and oxygen atoms in total. The van der Waals surface area contributed by atoms with Crippen molar-refractivity contribution < 1.29 is 9.21 Å². The van der Waals surface area contributed by atoms with E-state index in [1.54, 1.807) is 12.1 Å². The average Bonchev–Trinajstić information content (AvgIpc) is 2.98. The van der Waals surface area contributed by atoms with Crippen molar-refractivity contribution in [3.8, 4) is 0 Å². The molecule has 0 bridgehead atoms. The molecule has 0 unspecified atom stereocenters. The first-order valence-electron chi connectivity index (χ1n) is 4.83. The first-order chi connectivity index (χ1) is 7.28. The van der Waals surface area contributed by atoms with E-state index in [4.69, 9.17) is 16.0 Å². The number of hydrogen-bond donors (Lipinski definition) is 0. The molecule has 1 aliphatic carbocycles. The lowest BCUT2D eigenvalue weighted by Crippen LogP contribution is -1.80. The Kier molecular flexibility index (Phi) is 1.83. The van der Waals surface area contributed by atoms with Crippen LogP contribution in [-0.2, 0) is 0 Å². The summed E-state index contributed by atoms with van der Waals surface area (Å²) in [5, 5.41) is 0.453. The van der Waals surface area contributed by atoms with Crippen molar-refractivity contribution in [2.45, 2.75) is 18.8 Å². The Morgan fingerprint density at radius 1 is 1.47 bits per heavy atom. The molecule has 0 radical (unpaired) electrons. The van der Waals surface area contributed by atoms with Crippen LogP contribution in [0.1, 0.15) is 35.0 Å². The van der Waals surface area contributed by atoms with Gasteiger partial charge in [-0.25, -0.2) is 4.98 Å². The molecule has 1 aromatic heterocycles. The van der Waals surface area contributed by atoms with E-state index in [0.717, 1.165) is 25.0 Å². The van der Waals surface area contributed by atoms with Crippen molar-refractivity contribution in [1.29, 1.82) is 0 Å². The van der Waals surface area contributed by atoms with E-state index in [-0.39, 0.29) is 0 Å². The van der Waals surface area contributed by atoms with Gasteiger partial charge in [0.2, 0.25) is 0 Å². The third-order valence-corrected chi connectivity index (χ3v) is 2.83. The minimum absolute atomic E-state index is 0.452. The molecule has 1 saturated carbocycles.